The van der Waals surface area contributed by atoms with Crippen LogP contribution in [0.3, 0.4) is 0 Å². The minimum absolute atomic E-state index is 0.435. The van der Waals surface area contributed by atoms with E-state index in [0.717, 1.165) is 10.9 Å². The summed E-state index contributed by atoms with van der Waals surface area (Å²) in [6, 6.07) is 14.2. The first-order chi connectivity index (χ1) is 5.90. The molecule has 2 heteroatoms. The van der Waals surface area contributed by atoms with Gasteiger partial charge in [-0.1, -0.05) is 18.2 Å². The lowest BCUT2D eigenvalue weighted by Crippen LogP contribution is -1.82. The summed E-state index contributed by atoms with van der Waals surface area (Å²) in [6.07, 6.45) is 0. The van der Waals surface area contributed by atoms with E-state index in [4.69, 9.17) is 5.26 Å². The average molecular weight is 153 g/mol. The van der Waals surface area contributed by atoms with Gasteiger partial charge in [0.15, 0.2) is 0 Å². The van der Waals surface area contributed by atoms with E-state index >= 15 is 0 Å². The lowest BCUT2D eigenvalue weighted by Gasteiger charge is -1.94. The molecule has 55 valence electrons. The number of nitrogens with zero attached hydrogens (tertiary/aromatic N) is 2. The van der Waals surface area contributed by atoms with E-state index in [0.29, 0.717) is 5.69 Å². The number of rotatable bonds is 0. The third-order valence-corrected chi connectivity index (χ3v) is 1.63. The first-order valence-corrected chi connectivity index (χ1v) is 3.58. The molecule has 0 aliphatic rings. The van der Waals surface area contributed by atoms with Crippen LogP contribution in [-0.4, -0.2) is 4.98 Å². The van der Waals surface area contributed by atoms with Crippen molar-refractivity contribution < 1.29 is 0 Å². The van der Waals surface area contributed by atoms with Gasteiger partial charge in [-0.05, 0) is 12.1 Å². The molecule has 0 unspecified atom stereocenters. The van der Waals surface area contributed by atoms with Crippen LogP contribution in [0.1, 0.15) is 5.69 Å². The summed E-state index contributed by atoms with van der Waals surface area (Å²) in [6.45, 7) is 0. The van der Waals surface area contributed by atoms with Crippen molar-refractivity contribution in [3.05, 3.63) is 42.1 Å². The van der Waals surface area contributed by atoms with Gasteiger partial charge in [0.1, 0.15) is 11.8 Å². The zero-order chi connectivity index (χ0) is 8.39. The quantitative estimate of drug-likeness (QED) is 0.579. The second-order valence-corrected chi connectivity index (χ2v) is 2.42. The van der Waals surface area contributed by atoms with Crippen molar-refractivity contribution >= 4 is 10.9 Å². The normalized spacial score (nSPS) is 9.58. The first kappa shape index (κ1) is 6.81. The number of pyridine rings is 1. The fourth-order valence-electron chi connectivity index (χ4n) is 1.06. The number of hydrogen-bond donors (Lipinski definition) is 0. The van der Waals surface area contributed by atoms with Gasteiger partial charge in [-0.25, -0.2) is 4.98 Å². The SMILES string of the molecule is N#Cc1ccc2ccc[c]c2n1. The topological polar surface area (TPSA) is 36.7 Å². The fraction of sp³-hybridized carbons (Fsp3) is 0. The largest absolute Gasteiger partial charge is 0.236 e. The molecule has 1 aromatic carbocycles. The van der Waals surface area contributed by atoms with Crippen molar-refractivity contribution in [1.29, 1.82) is 5.26 Å². The Kier molecular flexibility index (Phi) is 1.49. The molecule has 0 atom stereocenters. The van der Waals surface area contributed by atoms with Crippen molar-refractivity contribution in [2.75, 3.05) is 0 Å². The van der Waals surface area contributed by atoms with Crippen LogP contribution in [0, 0.1) is 17.4 Å². The molecule has 1 heterocycles. The average Bonchev–Trinajstić information content (AvgIpc) is 2.17. The highest BCUT2D eigenvalue weighted by Gasteiger charge is 1.94. The van der Waals surface area contributed by atoms with Gasteiger partial charge in [-0.3, -0.25) is 0 Å². The number of aromatic nitrogens is 1. The Hall–Kier alpha value is -1.88. The fourth-order valence-corrected chi connectivity index (χ4v) is 1.06. The minimum Gasteiger partial charge on any atom is -0.236 e. The van der Waals surface area contributed by atoms with Crippen molar-refractivity contribution in [3.63, 3.8) is 0 Å². The van der Waals surface area contributed by atoms with E-state index in [-0.39, 0.29) is 0 Å². The van der Waals surface area contributed by atoms with Crippen LogP contribution < -0.4 is 0 Å². The van der Waals surface area contributed by atoms with E-state index in [9.17, 15) is 0 Å². The number of hydrogen-bond acceptors (Lipinski definition) is 2. The van der Waals surface area contributed by atoms with Crippen LogP contribution in [0.15, 0.2) is 30.3 Å². The Labute approximate surface area is 70.1 Å². The summed E-state index contributed by atoms with van der Waals surface area (Å²) in [4.78, 5) is 4.08. The molecular weight excluding hydrogens is 148 g/mol. The van der Waals surface area contributed by atoms with Crippen molar-refractivity contribution in [3.8, 4) is 6.07 Å². The first-order valence-electron chi connectivity index (χ1n) is 3.58. The molecule has 0 fully saturated rings. The Bertz CT molecular complexity index is 455. The highest BCUT2D eigenvalue weighted by Crippen LogP contribution is 2.10. The van der Waals surface area contributed by atoms with E-state index < -0.39 is 0 Å². The summed E-state index contributed by atoms with van der Waals surface area (Å²) in [5.41, 5.74) is 1.18. The van der Waals surface area contributed by atoms with Gasteiger partial charge in [0.25, 0.3) is 0 Å². The molecule has 0 amide bonds. The molecule has 0 saturated heterocycles. The van der Waals surface area contributed by atoms with E-state index in [1.807, 2.05) is 24.3 Å². The third kappa shape index (κ3) is 1.02. The summed E-state index contributed by atoms with van der Waals surface area (Å²) in [7, 11) is 0. The zero-order valence-corrected chi connectivity index (χ0v) is 6.28. The molecular formula is C10H5N2. The molecule has 1 aromatic heterocycles. The molecule has 0 spiro atoms. The maximum atomic E-state index is 8.57. The molecule has 2 rings (SSSR count). The van der Waals surface area contributed by atoms with E-state index in [2.05, 4.69) is 11.1 Å². The summed E-state index contributed by atoms with van der Waals surface area (Å²) in [5, 5.41) is 9.58. The van der Waals surface area contributed by atoms with Gasteiger partial charge in [0.05, 0.1) is 5.52 Å². The van der Waals surface area contributed by atoms with E-state index in [1.165, 1.54) is 0 Å². The van der Waals surface area contributed by atoms with E-state index in [1.54, 1.807) is 12.1 Å². The van der Waals surface area contributed by atoms with Gasteiger partial charge in [-0.15, -0.1) is 0 Å². The predicted molar refractivity (Wildman–Crippen MR) is 45.3 cm³/mol. The van der Waals surface area contributed by atoms with Crippen LogP contribution in [0.25, 0.3) is 10.9 Å². The molecule has 0 aliphatic carbocycles. The highest BCUT2D eigenvalue weighted by molar-refractivity contribution is 5.78. The number of para-hydroxylation sites is 1. The monoisotopic (exact) mass is 153 g/mol. The van der Waals surface area contributed by atoms with Gasteiger partial charge in [0, 0.05) is 11.5 Å². The molecule has 2 nitrogen and oxygen atoms in total. The zero-order valence-electron chi connectivity index (χ0n) is 6.28. The Morgan fingerprint density at radius 1 is 1.33 bits per heavy atom. The van der Waals surface area contributed by atoms with Crippen LogP contribution in [0.2, 0.25) is 0 Å². The maximum Gasteiger partial charge on any atom is 0.141 e. The standard InChI is InChI=1S/C10H5N2/c11-7-9-6-5-8-3-1-2-4-10(8)12-9/h1-3,5-6H. The molecule has 0 bridgehead atoms. The van der Waals surface area contributed by atoms with Crippen LogP contribution in [0.5, 0.6) is 0 Å². The molecule has 0 saturated carbocycles. The van der Waals surface area contributed by atoms with Crippen molar-refractivity contribution in [2.24, 2.45) is 0 Å². The summed E-state index contributed by atoms with van der Waals surface area (Å²) >= 11 is 0. The Balaban J connectivity index is 2.78. The summed E-state index contributed by atoms with van der Waals surface area (Å²) in [5.74, 6) is 0. The second-order valence-electron chi connectivity index (χ2n) is 2.42. The van der Waals surface area contributed by atoms with Gasteiger partial charge in [0.2, 0.25) is 0 Å². The van der Waals surface area contributed by atoms with Crippen molar-refractivity contribution in [1.82, 2.24) is 4.98 Å². The minimum atomic E-state index is 0.435. The third-order valence-electron chi connectivity index (χ3n) is 1.63. The van der Waals surface area contributed by atoms with Gasteiger partial charge < -0.3 is 0 Å². The highest BCUT2D eigenvalue weighted by atomic mass is 14.7. The predicted octanol–water partition coefficient (Wildman–Crippen LogP) is 1.91. The molecule has 1 radical (unpaired) electrons. The van der Waals surface area contributed by atoms with Gasteiger partial charge >= 0.3 is 0 Å². The second kappa shape index (κ2) is 2.63. The summed E-state index contributed by atoms with van der Waals surface area (Å²) < 4.78 is 0. The number of fused-ring (bicyclic) bond motifs is 1. The Morgan fingerprint density at radius 3 is 3.08 bits per heavy atom. The van der Waals surface area contributed by atoms with Crippen LogP contribution >= 0.6 is 0 Å². The molecule has 0 N–H and O–H groups in total. The lowest BCUT2D eigenvalue weighted by molar-refractivity contribution is 1.32. The Morgan fingerprint density at radius 2 is 2.25 bits per heavy atom. The van der Waals surface area contributed by atoms with Crippen LogP contribution in [-0.2, 0) is 0 Å². The molecule has 12 heavy (non-hydrogen) atoms. The lowest BCUT2D eigenvalue weighted by atomic mass is 10.2. The van der Waals surface area contributed by atoms with Crippen LogP contribution in [0.4, 0.5) is 0 Å². The van der Waals surface area contributed by atoms with Gasteiger partial charge in [-0.2, -0.15) is 5.26 Å². The number of nitriles is 1. The molecule has 2 aromatic rings. The maximum absolute atomic E-state index is 8.57. The van der Waals surface area contributed by atoms with Crippen molar-refractivity contribution in [2.45, 2.75) is 0 Å². The number of benzene rings is 1. The molecule has 0 aliphatic heterocycles. The smallest absolute Gasteiger partial charge is 0.141 e.